The predicted octanol–water partition coefficient (Wildman–Crippen LogP) is 3.55. The van der Waals surface area contributed by atoms with Crippen LogP contribution in [0.15, 0.2) is 36.5 Å². The first-order valence-electron chi connectivity index (χ1n) is 6.96. The molecule has 3 rings (SSSR count). The second-order valence-electron chi connectivity index (χ2n) is 5.10. The maximum atomic E-state index is 12.1. The highest BCUT2D eigenvalue weighted by molar-refractivity contribution is 5.98. The molecule has 19 heavy (non-hydrogen) atoms. The SMILES string of the molecule is CCn1nccc1-c1ccc(C(=O)C2CCC2)cc1. The van der Waals surface area contributed by atoms with Crippen LogP contribution in [0.25, 0.3) is 11.3 Å². The van der Waals surface area contributed by atoms with Crippen molar-refractivity contribution in [1.29, 1.82) is 0 Å². The molecular weight excluding hydrogens is 236 g/mol. The van der Waals surface area contributed by atoms with Gasteiger partial charge >= 0.3 is 0 Å². The summed E-state index contributed by atoms with van der Waals surface area (Å²) in [5, 5.41) is 4.27. The van der Waals surface area contributed by atoms with Crippen molar-refractivity contribution in [2.75, 3.05) is 0 Å². The van der Waals surface area contributed by atoms with Gasteiger partial charge in [-0.2, -0.15) is 5.10 Å². The lowest BCUT2D eigenvalue weighted by molar-refractivity contribution is 0.0855. The molecule has 0 radical (unpaired) electrons. The van der Waals surface area contributed by atoms with Crippen LogP contribution in [0.4, 0.5) is 0 Å². The highest BCUT2D eigenvalue weighted by atomic mass is 16.1. The summed E-state index contributed by atoms with van der Waals surface area (Å²) >= 11 is 0. The summed E-state index contributed by atoms with van der Waals surface area (Å²) in [6.45, 7) is 2.93. The molecule has 0 spiro atoms. The van der Waals surface area contributed by atoms with Crippen LogP contribution in [0.2, 0.25) is 0 Å². The number of benzene rings is 1. The Morgan fingerprint density at radius 2 is 2.00 bits per heavy atom. The van der Waals surface area contributed by atoms with E-state index in [4.69, 9.17) is 0 Å². The molecule has 1 aliphatic carbocycles. The van der Waals surface area contributed by atoms with Crippen molar-refractivity contribution in [3.05, 3.63) is 42.1 Å². The van der Waals surface area contributed by atoms with Gasteiger partial charge in [0.2, 0.25) is 0 Å². The largest absolute Gasteiger partial charge is 0.294 e. The predicted molar refractivity (Wildman–Crippen MR) is 75.0 cm³/mol. The number of carbonyl (C=O) groups is 1. The van der Waals surface area contributed by atoms with Crippen LogP contribution >= 0.6 is 0 Å². The van der Waals surface area contributed by atoms with Crippen molar-refractivity contribution in [2.45, 2.75) is 32.7 Å². The molecule has 0 unspecified atom stereocenters. The number of hydrogen-bond donors (Lipinski definition) is 0. The second kappa shape index (κ2) is 5.00. The van der Waals surface area contributed by atoms with Gasteiger partial charge in [0.1, 0.15) is 0 Å². The molecule has 1 fully saturated rings. The molecule has 0 aliphatic heterocycles. The van der Waals surface area contributed by atoms with E-state index in [1.807, 2.05) is 41.2 Å². The van der Waals surface area contributed by atoms with E-state index in [1.54, 1.807) is 0 Å². The monoisotopic (exact) mass is 254 g/mol. The lowest BCUT2D eigenvalue weighted by Crippen LogP contribution is -2.21. The Kier molecular flexibility index (Phi) is 3.20. The Balaban J connectivity index is 1.84. The van der Waals surface area contributed by atoms with Gasteiger partial charge in [0.15, 0.2) is 5.78 Å². The van der Waals surface area contributed by atoms with Crippen LogP contribution in [0.1, 0.15) is 36.5 Å². The van der Waals surface area contributed by atoms with Gasteiger partial charge in [-0.05, 0) is 31.4 Å². The smallest absolute Gasteiger partial charge is 0.165 e. The van der Waals surface area contributed by atoms with E-state index in [-0.39, 0.29) is 5.92 Å². The van der Waals surface area contributed by atoms with Crippen molar-refractivity contribution in [3.63, 3.8) is 0 Å². The minimum atomic E-state index is 0.270. The number of ketones is 1. The molecule has 0 saturated heterocycles. The van der Waals surface area contributed by atoms with Crippen LogP contribution in [-0.2, 0) is 6.54 Å². The number of carbonyl (C=O) groups excluding carboxylic acids is 1. The molecule has 98 valence electrons. The summed E-state index contributed by atoms with van der Waals surface area (Å²) < 4.78 is 1.96. The topological polar surface area (TPSA) is 34.9 Å². The lowest BCUT2D eigenvalue weighted by atomic mass is 9.80. The average Bonchev–Trinajstić information content (AvgIpc) is 2.85. The number of aromatic nitrogens is 2. The van der Waals surface area contributed by atoms with Gasteiger partial charge in [0.25, 0.3) is 0 Å². The molecule has 1 saturated carbocycles. The molecule has 0 atom stereocenters. The summed E-state index contributed by atoms with van der Waals surface area (Å²) in [5.41, 5.74) is 3.06. The van der Waals surface area contributed by atoms with E-state index in [2.05, 4.69) is 12.0 Å². The van der Waals surface area contributed by atoms with E-state index in [9.17, 15) is 4.79 Å². The van der Waals surface area contributed by atoms with Crippen LogP contribution in [0, 0.1) is 5.92 Å². The Morgan fingerprint density at radius 1 is 1.26 bits per heavy atom. The summed E-state index contributed by atoms with van der Waals surface area (Å²) in [7, 11) is 0. The van der Waals surface area contributed by atoms with Gasteiger partial charge in [-0.3, -0.25) is 9.48 Å². The average molecular weight is 254 g/mol. The zero-order chi connectivity index (χ0) is 13.2. The molecular formula is C16H18N2O. The molecule has 0 N–H and O–H groups in total. The maximum Gasteiger partial charge on any atom is 0.165 e. The summed E-state index contributed by atoms with van der Waals surface area (Å²) in [4.78, 5) is 12.1. The summed E-state index contributed by atoms with van der Waals surface area (Å²) in [6.07, 6.45) is 5.13. The van der Waals surface area contributed by atoms with E-state index in [1.165, 1.54) is 6.42 Å². The second-order valence-corrected chi connectivity index (χ2v) is 5.10. The summed E-state index contributed by atoms with van der Waals surface area (Å²) in [5.74, 6) is 0.578. The quantitative estimate of drug-likeness (QED) is 0.782. The minimum Gasteiger partial charge on any atom is -0.294 e. The highest BCUT2D eigenvalue weighted by Crippen LogP contribution is 2.30. The number of Topliss-reactive ketones (excluding diaryl/α,β-unsaturated/α-hetero) is 1. The molecule has 3 heteroatoms. The fourth-order valence-corrected chi connectivity index (χ4v) is 2.54. The summed E-state index contributed by atoms with van der Waals surface area (Å²) in [6, 6.07) is 9.95. The standard InChI is InChI=1S/C16H18N2O/c1-2-18-15(10-11-17-18)12-6-8-14(9-7-12)16(19)13-4-3-5-13/h6-11,13H,2-5H2,1H3. The van der Waals surface area contributed by atoms with E-state index >= 15 is 0 Å². The van der Waals surface area contributed by atoms with Crippen LogP contribution in [0.3, 0.4) is 0 Å². The third-order valence-electron chi connectivity index (χ3n) is 3.96. The van der Waals surface area contributed by atoms with Gasteiger partial charge in [0.05, 0.1) is 5.69 Å². The molecule has 1 aliphatic rings. The van der Waals surface area contributed by atoms with E-state index < -0.39 is 0 Å². The van der Waals surface area contributed by atoms with Crippen molar-refractivity contribution < 1.29 is 4.79 Å². The normalized spacial score (nSPS) is 15.2. The van der Waals surface area contributed by atoms with Gasteiger partial charge in [-0.1, -0.05) is 30.7 Å². The van der Waals surface area contributed by atoms with Gasteiger partial charge < -0.3 is 0 Å². The third kappa shape index (κ3) is 2.21. The van der Waals surface area contributed by atoms with Crippen LogP contribution in [0.5, 0.6) is 0 Å². The number of hydrogen-bond acceptors (Lipinski definition) is 2. The van der Waals surface area contributed by atoms with Crippen LogP contribution < -0.4 is 0 Å². The highest BCUT2D eigenvalue weighted by Gasteiger charge is 2.25. The number of nitrogens with zero attached hydrogens (tertiary/aromatic N) is 2. The number of rotatable bonds is 4. The Morgan fingerprint density at radius 3 is 2.58 bits per heavy atom. The minimum absolute atomic E-state index is 0.270. The zero-order valence-corrected chi connectivity index (χ0v) is 11.2. The van der Waals surface area contributed by atoms with E-state index in [0.717, 1.165) is 36.2 Å². The Hall–Kier alpha value is -1.90. The van der Waals surface area contributed by atoms with Gasteiger partial charge in [-0.15, -0.1) is 0 Å². The maximum absolute atomic E-state index is 12.1. The molecule has 1 heterocycles. The lowest BCUT2D eigenvalue weighted by Gasteiger charge is -2.23. The third-order valence-corrected chi connectivity index (χ3v) is 3.96. The van der Waals surface area contributed by atoms with Crippen molar-refractivity contribution in [1.82, 2.24) is 9.78 Å². The van der Waals surface area contributed by atoms with Gasteiger partial charge in [0, 0.05) is 24.2 Å². The fourth-order valence-electron chi connectivity index (χ4n) is 2.54. The molecule has 2 aromatic rings. The molecule has 3 nitrogen and oxygen atoms in total. The Labute approximate surface area is 113 Å². The molecule has 0 bridgehead atoms. The molecule has 1 aromatic carbocycles. The van der Waals surface area contributed by atoms with Gasteiger partial charge in [-0.25, -0.2) is 0 Å². The van der Waals surface area contributed by atoms with Crippen molar-refractivity contribution in [2.24, 2.45) is 5.92 Å². The Bertz CT molecular complexity index is 579. The van der Waals surface area contributed by atoms with E-state index in [0.29, 0.717) is 5.78 Å². The molecule has 1 aromatic heterocycles. The first kappa shape index (κ1) is 12.2. The van der Waals surface area contributed by atoms with Crippen LogP contribution in [-0.4, -0.2) is 15.6 Å². The zero-order valence-electron chi connectivity index (χ0n) is 11.2. The first-order valence-corrected chi connectivity index (χ1v) is 6.96. The van der Waals surface area contributed by atoms with Crippen molar-refractivity contribution >= 4 is 5.78 Å². The fraction of sp³-hybridized carbons (Fsp3) is 0.375. The first-order chi connectivity index (χ1) is 9.29. The van der Waals surface area contributed by atoms with Crippen molar-refractivity contribution in [3.8, 4) is 11.3 Å². The number of aryl methyl sites for hydroxylation is 1. The molecule has 0 amide bonds.